The van der Waals surface area contributed by atoms with E-state index in [1.165, 1.54) is 5.56 Å². The zero-order chi connectivity index (χ0) is 11.2. The summed E-state index contributed by atoms with van der Waals surface area (Å²) < 4.78 is 0. The number of aliphatic hydroxyl groups excluding tert-OH is 1. The fourth-order valence-corrected chi connectivity index (χ4v) is 1.63. The molecule has 1 heterocycles. The van der Waals surface area contributed by atoms with Gasteiger partial charge in [-0.3, -0.25) is 4.98 Å². The zero-order valence-electron chi connectivity index (χ0n) is 9.13. The molecule has 0 radical (unpaired) electrons. The Morgan fingerprint density at radius 1 is 0.875 bits per heavy atom. The van der Waals surface area contributed by atoms with Crippen molar-refractivity contribution in [1.29, 1.82) is 0 Å². The molecule has 0 aliphatic heterocycles. The fraction of sp³-hybridized carbons (Fsp3) is 0.214. The number of pyridine rings is 1. The summed E-state index contributed by atoms with van der Waals surface area (Å²) in [4.78, 5) is 4.29. The maximum Gasteiger partial charge on any atom is 0.0681 e. The van der Waals surface area contributed by atoms with Crippen molar-refractivity contribution in [2.24, 2.45) is 0 Å². The van der Waals surface area contributed by atoms with E-state index in [0.717, 1.165) is 24.1 Å². The highest BCUT2D eigenvalue weighted by Crippen LogP contribution is 2.07. The number of aromatic nitrogens is 1. The Morgan fingerprint density at radius 3 is 2.25 bits per heavy atom. The van der Waals surface area contributed by atoms with Gasteiger partial charge < -0.3 is 5.11 Å². The summed E-state index contributed by atoms with van der Waals surface area (Å²) in [6, 6.07) is 14.0. The second-order valence-electron chi connectivity index (χ2n) is 3.80. The molecule has 0 amide bonds. The molecule has 0 unspecified atom stereocenters. The maximum absolute atomic E-state index is 8.93. The van der Waals surface area contributed by atoms with E-state index >= 15 is 0 Å². The number of hydrogen-bond acceptors (Lipinski definition) is 2. The first-order valence-corrected chi connectivity index (χ1v) is 5.47. The summed E-state index contributed by atoms with van der Waals surface area (Å²) in [5.74, 6) is 0. The van der Waals surface area contributed by atoms with E-state index in [1.54, 1.807) is 0 Å². The first-order valence-electron chi connectivity index (χ1n) is 5.47. The van der Waals surface area contributed by atoms with Gasteiger partial charge in [-0.05, 0) is 36.1 Å². The molecule has 0 bridgehead atoms. The van der Waals surface area contributed by atoms with Gasteiger partial charge in [0.2, 0.25) is 0 Å². The SMILES string of the molecule is OCc1ccc(CCc2ccccn2)cc1. The van der Waals surface area contributed by atoms with Crippen LogP contribution in [0.4, 0.5) is 0 Å². The fourth-order valence-electron chi connectivity index (χ4n) is 1.63. The molecule has 0 spiro atoms. The average Bonchev–Trinajstić information content (AvgIpc) is 2.38. The topological polar surface area (TPSA) is 33.1 Å². The number of rotatable bonds is 4. The number of benzene rings is 1. The minimum atomic E-state index is 0.112. The van der Waals surface area contributed by atoms with E-state index in [4.69, 9.17) is 5.11 Å². The minimum Gasteiger partial charge on any atom is -0.392 e. The Morgan fingerprint density at radius 2 is 1.62 bits per heavy atom. The van der Waals surface area contributed by atoms with Crippen LogP contribution in [0.3, 0.4) is 0 Å². The first kappa shape index (κ1) is 10.8. The largest absolute Gasteiger partial charge is 0.392 e. The molecule has 1 aromatic heterocycles. The number of nitrogens with zero attached hydrogens (tertiary/aromatic N) is 1. The highest BCUT2D eigenvalue weighted by molar-refractivity contribution is 5.22. The van der Waals surface area contributed by atoms with Gasteiger partial charge in [-0.15, -0.1) is 0 Å². The molecule has 82 valence electrons. The molecule has 2 rings (SSSR count). The van der Waals surface area contributed by atoms with Gasteiger partial charge in [0.05, 0.1) is 6.61 Å². The van der Waals surface area contributed by atoms with Crippen molar-refractivity contribution >= 4 is 0 Å². The van der Waals surface area contributed by atoms with E-state index in [-0.39, 0.29) is 6.61 Å². The summed E-state index contributed by atoms with van der Waals surface area (Å²) in [5, 5.41) is 8.93. The van der Waals surface area contributed by atoms with Crippen molar-refractivity contribution in [2.75, 3.05) is 0 Å². The standard InChI is InChI=1S/C14H15NO/c16-11-13-6-4-12(5-7-13)8-9-14-3-1-2-10-15-14/h1-7,10,16H,8-9,11H2. The van der Waals surface area contributed by atoms with Crippen LogP contribution < -0.4 is 0 Å². The van der Waals surface area contributed by atoms with Gasteiger partial charge in [0.15, 0.2) is 0 Å². The van der Waals surface area contributed by atoms with Gasteiger partial charge in [-0.2, -0.15) is 0 Å². The third-order valence-electron chi connectivity index (χ3n) is 2.60. The Kier molecular flexibility index (Phi) is 3.67. The van der Waals surface area contributed by atoms with E-state index in [1.807, 2.05) is 36.5 Å². The smallest absolute Gasteiger partial charge is 0.0681 e. The van der Waals surface area contributed by atoms with Crippen LogP contribution in [0, 0.1) is 0 Å². The van der Waals surface area contributed by atoms with Crippen molar-refractivity contribution in [3.63, 3.8) is 0 Å². The third kappa shape index (κ3) is 2.91. The molecular weight excluding hydrogens is 198 g/mol. The van der Waals surface area contributed by atoms with E-state index < -0.39 is 0 Å². The number of aliphatic hydroxyl groups is 1. The van der Waals surface area contributed by atoms with Gasteiger partial charge in [-0.1, -0.05) is 30.3 Å². The van der Waals surface area contributed by atoms with Crippen molar-refractivity contribution in [3.8, 4) is 0 Å². The minimum absolute atomic E-state index is 0.112. The highest BCUT2D eigenvalue weighted by atomic mass is 16.3. The molecule has 0 saturated carbocycles. The predicted octanol–water partition coefficient (Wildman–Crippen LogP) is 2.36. The molecule has 0 aliphatic carbocycles. The predicted molar refractivity (Wildman–Crippen MR) is 64.0 cm³/mol. The number of aryl methyl sites for hydroxylation is 2. The molecular formula is C14H15NO. The van der Waals surface area contributed by atoms with Gasteiger partial charge in [0, 0.05) is 11.9 Å². The van der Waals surface area contributed by atoms with Crippen LogP contribution in [0.25, 0.3) is 0 Å². The molecule has 0 atom stereocenters. The van der Waals surface area contributed by atoms with Crippen LogP contribution in [0.15, 0.2) is 48.7 Å². The van der Waals surface area contributed by atoms with Gasteiger partial charge in [0.1, 0.15) is 0 Å². The van der Waals surface area contributed by atoms with Gasteiger partial charge in [-0.25, -0.2) is 0 Å². The number of hydrogen-bond donors (Lipinski definition) is 1. The van der Waals surface area contributed by atoms with Crippen LogP contribution in [0.5, 0.6) is 0 Å². The van der Waals surface area contributed by atoms with E-state index in [2.05, 4.69) is 17.1 Å². The Bertz CT molecular complexity index is 422. The van der Waals surface area contributed by atoms with Crippen molar-refractivity contribution in [2.45, 2.75) is 19.4 Å². The average molecular weight is 213 g/mol. The lowest BCUT2D eigenvalue weighted by Gasteiger charge is -2.02. The van der Waals surface area contributed by atoms with Crippen LogP contribution in [0.1, 0.15) is 16.8 Å². The lowest BCUT2D eigenvalue weighted by atomic mass is 10.1. The normalized spacial score (nSPS) is 10.3. The molecule has 0 aliphatic rings. The molecule has 1 aromatic carbocycles. The molecule has 2 heteroatoms. The maximum atomic E-state index is 8.93. The summed E-state index contributed by atoms with van der Waals surface area (Å²) in [5.41, 5.74) is 3.36. The second-order valence-corrected chi connectivity index (χ2v) is 3.80. The summed E-state index contributed by atoms with van der Waals surface area (Å²) in [7, 11) is 0. The molecule has 2 aromatic rings. The second kappa shape index (κ2) is 5.42. The van der Waals surface area contributed by atoms with Crippen molar-refractivity contribution in [1.82, 2.24) is 4.98 Å². The summed E-state index contributed by atoms with van der Waals surface area (Å²) in [6.07, 6.45) is 3.77. The molecule has 0 fully saturated rings. The van der Waals surface area contributed by atoms with Crippen LogP contribution in [-0.2, 0) is 19.4 Å². The summed E-state index contributed by atoms with van der Waals surface area (Å²) >= 11 is 0. The van der Waals surface area contributed by atoms with E-state index in [0.29, 0.717) is 0 Å². The molecule has 16 heavy (non-hydrogen) atoms. The monoisotopic (exact) mass is 213 g/mol. The lowest BCUT2D eigenvalue weighted by Crippen LogP contribution is -1.94. The molecule has 2 nitrogen and oxygen atoms in total. The first-order chi connectivity index (χ1) is 7.88. The Balaban J connectivity index is 1.94. The van der Waals surface area contributed by atoms with Gasteiger partial charge in [0.25, 0.3) is 0 Å². The lowest BCUT2D eigenvalue weighted by molar-refractivity contribution is 0.282. The zero-order valence-corrected chi connectivity index (χ0v) is 9.13. The van der Waals surface area contributed by atoms with Crippen LogP contribution in [-0.4, -0.2) is 10.1 Å². The van der Waals surface area contributed by atoms with Crippen molar-refractivity contribution < 1.29 is 5.11 Å². The van der Waals surface area contributed by atoms with E-state index in [9.17, 15) is 0 Å². The Labute approximate surface area is 95.6 Å². The molecule has 0 saturated heterocycles. The third-order valence-corrected chi connectivity index (χ3v) is 2.60. The van der Waals surface area contributed by atoms with Crippen LogP contribution in [0.2, 0.25) is 0 Å². The summed E-state index contributed by atoms with van der Waals surface area (Å²) in [6.45, 7) is 0.112. The van der Waals surface area contributed by atoms with Crippen LogP contribution >= 0.6 is 0 Å². The molecule has 1 N–H and O–H groups in total. The van der Waals surface area contributed by atoms with Crippen molar-refractivity contribution in [3.05, 3.63) is 65.5 Å². The Hall–Kier alpha value is -1.67. The van der Waals surface area contributed by atoms with Gasteiger partial charge >= 0.3 is 0 Å². The quantitative estimate of drug-likeness (QED) is 0.845. The highest BCUT2D eigenvalue weighted by Gasteiger charge is 1.96.